The van der Waals surface area contributed by atoms with Crippen LogP contribution in [0.2, 0.25) is 0 Å². The monoisotopic (exact) mass is 189 g/mol. The lowest BCUT2D eigenvalue weighted by Gasteiger charge is -2.01. The van der Waals surface area contributed by atoms with Crippen molar-refractivity contribution in [2.24, 2.45) is 7.05 Å². The van der Waals surface area contributed by atoms with Gasteiger partial charge in [0.25, 0.3) is 0 Å². The van der Waals surface area contributed by atoms with Gasteiger partial charge in [0, 0.05) is 19.4 Å². The molecular weight excluding hydrogens is 174 g/mol. The Hall–Kier alpha value is -1.35. The van der Waals surface area contributed by atoms with E-state index < -0.39 is 0 Å². The molecule has 2 heterocycles. The maximum Gasteiger partial charge on any atom is 0.0881 e. The average molecular weight is 189 g/mol. The highest BCUT2D eigenvalue weighted by Gasteiger charge is 2.00. The van der Waals surface area contributed by atoms with Gasteiger partial charge in [0.15, 0.2) is 0 Å². The van der Waals surface area contributed by atoms with E-state index in [-0.39, 0.29) is 0 Å². The third-order valence-corrected chi connectivity index (χ3v) is 2.45. The molecule has 0 spiro atoms. The third kappa shape index (κ3) is 1.63. The Morgan fingerprint density at radius 1 is 1.50 bits per heavy atom. The van der Waals surface area contributed by atoms with Gasteiger partial charge in [-0.3, -0.25) is 4.98 Å². The van der Waals surface area contributed by atoms with Gasteiger partial charge >= 0.3 is 0 Å². The second-order valence-corrected chi connectivity index (χ2v) is 3.53. The third-order valence-electron chi connectivity index (χ3n) is 2.45. The minimum Gasteiger partial charge on any atom is -0.349 e. The summed E-state index contributed by atoms with van der Waals surface area (Å²) in [5, 5.41) is 3.14. The van der Waals surface area contributed by atoms with Crippen molar-refractivity contribution in [3.8, 4) is 0 Å². The molecule has 2 aromatic heterocycles. The molecule has 0 saturated carbocycles. The molecule has 0 aromatic carbocycles. The quantitative estimate of drug-likeness (QED) is 0.789. The van der Waals surface area contributed by atoms with Gasteiger partial charge in [0.05, 0.1) is 11.0 Å². The van der Waals surface area contributed by atoms with Crippen molar-refractivity contribution in [2.75, 3.05) is 13.6 Å². The van der Waals surface area contributed by atoms with Crippen molar-refractivity contribution < 1.29 is 0 Å². The van der Waals surface area contributed by atoms with Crippen LogP contribution in [-0.2, 0) is 13.5 Å². The van der Waals surface area contributed by atoms with E-state index in [0.717, 1.165) is 18.5 Å². The largest absolute Gasteiger partial charge is 0.349 e. The van der Waals surface area contributed by atoms with Crippen LogP contribution in [0.5, 0.6) is 0 Å². The standard InChI is InChI=1S/C11H15N3/c1-12-5-3-9-7-11-10(13-8-9)4-6-14(11)2/h4,6-8,12H,3,5H2,1-2H3. The fraction of sp³-hybridized carbons (Fsp3) is 0.364. The van der Waals surface area contributed by atoms with Gasteiger partial charge in [-0.25, -0.2) is 0 Å². The first kappa shape index (κ1) is 9.21. The van der Waals surface area contributed by atoms with Gasteiger partial charge in [-0.05, 0) is 37.7 Å². The van der Waals surface area contributed by atoms with Gasteiger partial charge in [-0.1, -0.05) is 0 Å². The smallest absolute Gasteiger partial charge is 0.0881 e. The summed E-state index contributed by atoms with van der Waals surface area (Å²) in [5.41, 5.74) is 3.56. The maximum atomic E-state index is 4.41. The minimum absolute atomic E-state index is 0.998. The Bertz CT molecular complexity index is 431. The molecule has 0 bridgehead atoms. The molecule has 0 atom stereocenters. The van der Waals surface area contributed by atoms with Crippen LogP contribution in [0.3, 0.4) is 0 Å². The maximum absolute atomic E-state index is 4.41. The number of aromatic nitrogens is 2. The molecule has 0 saturated heterocycles. The Balaban J connectivity index is 2.34. The highest BCUT2D eigenvalue weighted by molar-refractivity contribution is 5.76. The summed E-state index contributed by atoms with van der Waals surface area (Å²) in [6.45, 7) is 0.998. The van der Waals surface area contributed by atoms with E-state index in [0.29, 0.717) is 0 Å². The number of fused-ring (bicyclic) bond motifs is 1. The number of nitrogens with zero attached hydrogens (tertiary/aromatic N) is 2. The molecule has 0 aliphatic heterocycles. The Morgan fingerprint density at radius 3 is 3.14 bits per heavy atom. The van der Waals surface area contributed by atoms with Crippen LogP contribution in [-0.4, -0.2) is 23.1 Å². The number of rotatable bonds is 3. The predicted molar refractivity (Wildman–Crippen MR) is 58.3 cm³/mol. The molecule has 2 rings (SSSR count). The molecule has 74 valence electrons. The summed E-state index contributed by atoms with van der Waals surface area (Å²) in [6.07, 6.45) is 5.03. The lowest BCUT2D eigenvalue weighted by molar-refractivity contribution is 0.790. The lowest BCUT2D eigenvalue weighted by atomic mass is 10.2. The summed E-state index contributed by atoms with van der Waals surface area (Å²) in [7, 11) is 4.01. The molecule has 0 radical (unpaired) electrons. The normalized spacial score (nSPS) is 11.0. The number of likely N-dealkylation sites (N-methyl/N-ethyl adjacent to an activating group) is 1. The summed E-state index contributed by atoms with van der Waals surface area (Å²) in [5.74, 6) is 0. The molecule has 0 aliphatic carbocycles. The van der Waals surface area contributed by atoms with Gasteiger partial charge in [-0.2, -0.15) is 0 Å². The number of aryl methyl sites for hydroxylation is 1. The van der Waals surface area contributed by atoms with Crippen LogP contribution in [0.1, 0.15) is 5.56 Å². The van der Waals surface area contributed by atoms with Crippen molar-refractivity contribution in [1.82, 2.24) is 14.9 Å². The highest BCUT2D eigenvalue weighted by atomic mass is 14.9. The lowest BCUT2D eigenvalue weighted by Crippen LogP contribution is -2.10. The Labute approximate surface area is 83.8 Å². The number of hydrogen-bond acceptors (Lipinski definition) is 2. The van der Waals surface area contributed by atoms with Crippen LogP contribution in [0.25, 0.3) is 11.0 Å². The molecule has 3 heteroatoms. The molecule has 0 aliphatic rings. The first-order valence-electron chi connectivity index (χ1n) is 4.86. The first-order valence-corrected chi connectivity index (χ1v) is 4.86. The molecule has 0 unspecified atom stereocenters. The number of pyridine rings is 1. The van der Waals surface area contributed by atoms with Crippen molar-refractivity contribution in [2.45, 2.75) is 6.42 Å². The molecular formula is C11H15N3. The summed E-state index contributed by atoms with van der Waals surface area (Å²) >= 11 is 0. The Morgan fingerprint density at radius 2 is 2.36 bits per heavy atom. The molecule has 3 nitrogen and oxygen atoms in total. The number of nitrogens with one attached hydrogen (secondary N) is 1. The first-order chi connectivity index (χ1) is 6.81. The van der Waals surface area contributed by atoms with E-state index in [1.54, 1.807) is 0 Å². The fourth-order valence-corrected chi connectivity index (χ4v) is 1.59. The predicted octanol–water partition coefficient (Wildman–Crippen LogP) is 1.34. The zero-order chi connectivity index (χ0) is 9.97. The van der Waals surface area contributed by atoms with E-state index >= 15 is 0 Å². The zero-order valence-electron chi connectivity index (χ0n) is 8.62. The van der Waals surface area contributed by atoms with Crippen LogP contribution < -0.4 is 5.32 Å². The van der Waals surface area contributed by atoms with E-state index in [4.69, 9.17) is 0 Å². The minimum atomic E-state index is 0.998. The second kappa shape index (κ2) is 3.80. The van der Waals surface area contributed by atoms with Gasteiger partial charge in [0.2, 0.25) is 0 Å². The zero-order valence-corrected chi connectivity index (χ0v) is 8.62. The second-order valence-electron chi connectivity index (χ2n) is 3.53. The molecule has 14 heavy (non-hydrogen) atoms. The number of hydrogen-bond donors (Lipinski definition) is 1. The van der Waals surface area contributed by atoms with E-state index in [1.165, 1.54) is 11.1 Å². The molecule has 2 aromatic rings. The molecule has 0 amide bonds. The van der Waals surface area contributed by atoms with Crippen molar-refractivity contribution in [3.63, 3.8) is 0 Å². The topological polar surface area (TPSA) is 29.9 Å². The summed E-state index contributed by atoms with van der Waals surface area (Å²) < 4.78 is 2.10. The van der Waals surface area contributed by atoms with Crippen LogP contribution in [0, 0.1) is 0 Å². The van der Waals surface area contributed by atoms with E-state index in [1.807, 2.05) is 32.6 Å². The van der Waals surface area contributed by atoms with Gasteiger partial charge in [-0.15, -0.1) is 0 Å². The molecule has 1 N–H and O–H groups in total. The van der Waals surface area contributed by atoms with Crippen LogP contribution >= 0.6 is 0 Å². The van der Waals surface area contributed by atoms with Gasteiger partial charge in [0.1, 0.15) is 0 Å². The van der Waals surface area contributed by atoms with Crippen LogP contribution in [0.4, 0.5) is 0 Å². The highest BCUT2D eigenvalue weighted by Crippen LogP contribution is 2.13. The van der Waals surface area contributed by atoms with Crippen molar-refractivity contribution >= 4 is 11.0 Å². The average Bonchev–Trinajstić information content (AvgIpc) is 2.57. The van der Waals surface area contributed by atoms with Crippen molar-refractivity contribution in [1.29, 1.82) is 0 Å². The SMILES string of the molecule is CNCCc1cnc2ccn(C)c2c1. The van der Waals surface area contributed by atoms with Crippen molar-refractivity contribution in [3.05, 3.63) is 30.1 Å². The fourth-order valence-electron chi connectivity index (χ4n) is 1.59. The van der Waals surface area contributed by atoms with Gasteiger partial charge < -0.3 is 9.88 Å². The molecule has 0 fully saturated rings. The summed E-state index contributed by atoms with van der Waals surface area (Å²) in [6, 6.07) is 4.25. The Kier molecular flexibility index (Phi) is 2.50. The van der Waals surface area contributed by atoms with E-state index in [2.05, 4.69) is 20.9 Å². The van der Waals surface area contributed by atoms with Crippen LogP contribution in [0.15, 0.2) is 24.5 Å². The van der Waals surface area contributed by atoms with E-state index in [9.17, 15) is 0 Å². The summed E-state index contributed by atoms with van der Waals surface area (Å²) in [4.78, 5) is 4.41.